The van der Waals surface area contributed by atoms with Crippen molar-refractivity contribution in [1.29, 1.82) is 0 Å². The molecule has 0 saturated heterocycles. The van der Waals surface area contributed by atoms with Crippen molar-refractivity contribution in [3.63, 3.8) is 0 Å². The van der Waals surface area contributed by atoms with Crippen LogP contribution in [-0.2, 0) is 9.53 Å². The van der Waals surface area contributed by atoms with Crippen molar-refractivity contribution in [3.05, 3.63) is 11.6 Å². The molecule has 0 amide bonds. The Morgan fingerprint density at radius 3 is 3.00 bits per heavy atom. The first-order valence-corrected chi connectivity index (χ1v) is 5.22. The molecule has 0 aromatic heterocycles. The van der Waals surface area contributed by atoms with Crippen LogP contribution in [0.5, 0.6) is 0 Å². The minimum atomic E-state index is -0.333. The lowest BCUT2D eigenvalue weighted by molar-refractivity contribution is -0.143. The van der Waals surface area contributed by atoms with Crippen LogP contribution in [0, 0.1) is 0 Å². The van der Waals surface area contributed by atoms with E-state index >= 15 is 0 Å². The maximum absolute atomic E-state index is 10.9. The summed E-state index contributed by atoms with van der Waals surface area (Å²) in [5.41, 5.74) is 1.24. The van der Waals surface area contributed by atoms with Gasteiger partial charge in [-0.3, -0.25) is 4.79 Å². The number of rotatable bonds is 3. The molecule has 74 valence electrons. The van der Waals surface area contributed by atoms with E-state index in [9.17, 15) is 4.79 Å². The molecule has 0 aromatic carbocycles. The fourth-order valence-corrected chi connectivity index (χ4v) is 1.60. The fourth-order valence-electron chi connectivity index (χ4n) is 1.54. The minimum Gasteiger partial charge on any atom is -0.457 e. The molecule has 0 radical (unpaired) electrons. The van der Waals surface area contributed by atoms with E-state index < -0.39 is 0 Å². The molecule has 0 N–H and O–H groups in total. The number of alkyl halides is 1. The largest absolute Gasteiger partial charge is 0.457 e. The van der Waals surface area contributed by atoms with Crippen molar-refractivity contribution < 1.29 is 9.53 Å². The first-order chi connectivity index (χ1) is 6.24. The normalized spacial score (nSPS) is 19.1. The van der Waals surface area contributed by atoms with Gasteiger partial charge >= 0.3 is 5.97 Å². The average molecular weight is 203 g/mol. The van der Waals surface area contributed by atoms with E-state index in [1.807, 2.05) is 6.92 Å². The molecule has 0 spiro atoms. The summed E-state index contributed by atoms with van der Waals surface area (Å²) in [7, 11) is 0. The molecule has 1 rings (SSSR count). The summed E-state index contributed by atoms with van der Waals surface area (Å²) in [6.07, 6.45) is 6.70. The Bertz CT molecular complexity index is 211. The highest BCUT2D eigenvalue weighted by molar-refractivity contribution is 6.26. The number of hydrogen-bond acceptors (Lipinski definition) is 2. The molecule has 0 bridgehead atoms. The Labute approximate surface area is 83.9 Å². The van der Waals surface area contributed by atoms with Crippen molar-refractivity contribution in [3.8, 4) is 0 Å². The van der Waals surface area contributed by atoms with Crippen molar-refractivity contribution in [2.24, 2.45) is 0 Å². The Morgan fingerprint density at radius 1 is 1.69 bits per heavy atom. The van der Waals surface area contributed by atoms with Gasteiger partial charge in [-0.15, -0.1) is 11.6 Å². The van der Waals surface area contributed by atoms with E-state index in [0.29, 0.717) is 0 Å². The summed E-state index contributed by atoms with van der Waals surface area (Å²) in [6, 6.07) is 0. The van der Waals surface area contributed by atoms with Crippen LogP contribution in [0.4, 0.5) is 0 Å². The second-order valence-electron chi connectivity index (χ2n) is 3.29. The van der Waals surface area contributed by atoms with Gasteiger partial charge in [-0.25, -0.2) is 0 Å². The molecular weight excluding hydrogens is 188 g/mol. The fraction of sp³-hybridized carbons (Fsp3) is 0.700. The predicted molar refractivity (Wildman–Crippen MR) is 52.8 cm³/mol. The first kappa shape index (κ1) is 10.6. The van der Waals surface area contributed by atoms with Gasteiger partial charge in [0.05, 0.1) is 0 Å². The molecule has 0 heterocycles. The van der Waals surface area contributed by atoms with Gasteiger partial charge in [-0.05, 0) is 38.2 Å². The van der Waals surface area contributed by atoms with Crippen LogP contribution >= 0.6 is 11.6 Å². The standard InChI is InChI=1S/C10H15ClO2/c1-8(13-10(12)7-11)9-5-3-2-4-6-9/h5,8H,2-4,6-7H2,1H3. The van der Waals surface area contributed by atoms with Crippen LogP contribution in [0.1, 0.15) is 32.6 Å². The molecule has 0 saturated carbocycles. The Morgan fingerprint density at radius 2 is 2.46 bits per heavy atom. The Hall–Kier alpha value is -0.500. The molecule has 1 atom stereocenters. The summed E-state index contributed by atoms with van der Waals surface area (Å²) in [5, 5.41) is 0. The number of hydrogen-bond donors (Lipinski definition) is 0. The molecule has 0 aliphatic heterocycles. The SMILES string of the molecule is CC(OC(=O)CCl)C1=CCCCC1. The van der Waals surface area contributed by atoms with Crippen molar-refractivity contribution in [2.45, 2.75) is 38.7 Å². The highest BCUT2D eigenvalue weighted by atomic mass is 35.5. The smallest absolute Gasteiger partial charge is 0.321 e. The van der Waals surface area contributed by atoms with E-state index in [2.05, 4.69) is 6.08 Å². The molecule has 2 nitrogen and oxygen atoms in total. The topological polar surface area (TPSA) is 26.3 Å². The van der Waals surface area contributed by atoms with E-state index in [-0.39, 0.29) is 18.0 Å². The van der Waals surface area contributed by atoms with Gasteiger partial charge in [0.25, 0.3) is 0 Å². The Balaban J connectivity index is 2.41. The zero-order valence-electron chi connectivity index (χ0n) is 7.88. The van der Waals surface area contributed by atoms with Crippen LogP contribution in [0.3, 0.4) is 0 Å². The maximum atomic E-state index is 10.9. The van der Waals surface area contributed by atoms with E-state index in [4.69, 9.17) is 16.3 Å². The quantitative estimate of drug-likeness (QED) is 0.400. The van der Waals surface area contributed by atoms with Gasteiger partial charge < -0.3 is 4.74 Å². The van der Waals surface area contributed by atoms with Gasteiger partial charge in [-0.2, -0.15) is 0 Å². The second kappa shape index (κ2) is 5.28. The molecule has 1 aliphatic carbocycles. The van der Waals surface area contributed by atoms with Crippen molar-refractivity contribution in [1.82, 2.24) is 0 Å². The van der Waals surface area contributed by atoms with Gasteiger partial charge in [0.2, 0.25) is 0 Å². The van der Waals surface area contributed by atoms with Crippen LogP contribution in [0.25, 0.3) is 0 Å². The lowest BCUT2D eigenvalue weighted by Gasteiger charge is -2.19. The number of esters is 1. The molecule has 3 heteroatoms. The average Bonchev–Trinajstić information content (AvgIpc) is 2.19. The monoisotopic (exact) mass is 202 g/mol. The molecule has 0 fully saturated rings. The van der Waals surface area contributed by atoms with Crippen LogP contribution in [0.2, 0.25) is 0 Å². The molecule has 0 aromatic rings. The number of ether oxygens (including phenoxy) is 1. The van der Waals surface area contributed by atoms with Crippen molar-refractivity contribution >= 4 is 17.6 Å². The Kier molecular flexibility index (Phi) is 4.29. The summed E-state index contributed by atoms with van der Waals surface area (Å²) in [4.78, 5) is 10.9. The molecule has 1 aliphatic rings. The number of allylic oxidation sites excluding steroid dienone is 1. The van der Waals surface area contributed by atoms with Crippen molar-refractivity contribution in [2.75, 3.05) is 5.88 Å². The summed E-state index contributed by atoms with van der Waals surface area (Å²) in [6.45, 7) is 1.90. The van der Waals surface area contributed by atoms with E-state index in [1.165, 1.54) is 18.4 Å². The van der Waals surface area contributed by atoms with Gasteiger partial charge in [0.1, 0.15) is 12.0 Å². The number of halogens is 1. The van der Waals surface area contributed by atoms with E-state index in [1.54, 1.807) is 0 Å². The zero-order chi connectivity index (χ0) is 9.68. The predicted octanol–water partition coefficient (Wildman–Crippen LogP) is 2.66. The lowest BCUT2D eigenvalue weighted by Crippen LogP contribution is -2.19. The summed E-state index contributed by atoms with van der Waals surface area (Å²) < 4.78 is 5.10. The van der Waals surface area contributed by atoms with Crippen LogP contribution < -0.4 is 0 Å². The highest BCUT2D eigenvalue weighted by Crippen LogP contribution is 2.21. The first-order valence-electron chi connectivity index (χ1n) is 4.68. The van der Waals surface area contributed by atoms with Crippen LogP contribution in [0.15, 0.2) is 11.6 Å². The number of carbonyl (C=O) groups excluding carboxylic acids is 1. The van der Waals surface area contributed by atoms with Gasteiger partial charge in [0.15, 0.2) is 0 Å². The van der Waals surface area contributed by atoms with Gasteiger partial charge in [-0.1, -0.05) is 6.08 Å². The summed E-state index contributed by atoms with van der Waals surface area (Å²) >= 11 is 5.34. The third kappa shape index (κ3) is 3.39. The van der Waals surface area contributed by atoms with Crippen LogP contribution in [-0.4, -0.2) is 18.0 Å². The second-order valence-corrected chi connectivity index (χ2v) is 3.56. The number of carbonyl (C=O) groups is 1. The third-order valence-corrected chi connectivity index (χ3v) is 2.48. The molecular formula is C10H15ClO2. The molecule has 1 unspecified atom stereocenters. The third-order valence-electron chi connectivity index (χ3n) is 2.27. The van der Waals surface area contributed by atoms with E-state index in [0.717, 1.165) is 12.8 Å². The van der Waals surface area contributed by atoms with Gasteiger partial charge in [0, 0.05) is 0 Å². The highest BCUT2D eigenvalue weighted by Gasteiger charge is 2.14. The lowest BCUT2D eigenvalue weighted by atomic mass is 9.96. The zero-order valence-corrected chi connectivity index (χ0v) is 8.64. The summed E-state index contributed by atoms with van der Waals surface area (Å²) in [5.74, 6) is -0.391. The minimum absolute atomic E-state index is 0.0579. The maximum Gasteiger partial charge on any atom is 0.321 e. The molecule has 13 heavy (non-hydrogen) atoms.